The number of likely N-dealkylation sites (N-methyl/N-ethyl adjacent to an activating group) is 1. The number of carbonyl (C=O) groups is 2. The van der Waals surface area contributed by atoms with Crippen molar-refractivity contribution in [3.05, 3.63) is 63.1 Å². The van der Waals surface area contributed by atoms with Crippen LogP contribution in [0.25, 0.3) is 21.7 Å². The smallest absolute Gasteiger partial charge is 0.259 e. The molecule has 2 amide bonds. The number of anilines is 1. The Hall–Kier alpha value is -2.94. The molecular weight excluding hydrogens is 471 g/mol. The summed E-state index contributed by atoms with van der Waals surface area (Å²) >= 11 is 13.8. The Morgan fingerprint density at radius 1 is 1.19 bits per heavy atom. The number of amides is 2. The zero-order valence-electron chi connectivity index (χ0n) is 17.2. The number of fused-ring (bicyclic) bond motifs is 1. The van der Waals surface area contributed by atoms with Gasteiger partial charge in [0.15, 0.2) is 0 Å². The SMILES string of the molecule is CCN(CC(=O)Nc1c(Cl)cccc1Cl)C(=O)c1cc(-c2cccs2)nc2onc(C)c12. The van der Waals surface area contributed by atoms with Crippen LogP contribution in [0.5, 0.6) is 0 Å². The highest BCUT2D eigenvalue weighted by Gasteiger charge is 2.25. The van der Waals surface area contributed by atoms with Crippen molar-refractivity contribution in [1.82, 2.24) is 15.0 Å². The van der Waals surface area contributed by atoms with E-state index in [1.165, 1.54) is 16.2 Å². The van der Waals surface area contributed by atoms with Crippen LogP contribution < -0.4 is 5.32 Å². The number of rotatable bonds is 6. The van der Waals surface area contributed by atoms with Crippen LogP contribution in [0.4, 0.5) is 5.69 Å². The van der Waals surface area contributed by atoms with Gasteiger partial charge < -0.3 is 14.7 Å². The zero-order chi connectivity index (χ0) is 22.8. The van der Waals surface area contributed by atoms with E-state index in [9.17, 15) is 9.59 Å². The fraction of sp³-hybridized carbons (Fsp3) is 0.182. The van der Waals surface area contributed by atoms with E-state index in [4.69, 9.17) is 27.7 Å². The topological polar surface area (TPSA) is 88.3 Å². The van der Waals surface area contributed by atoms with Crippen LogP contribution in [0.15, 0.2) is 46.3 Å². The van der Waals surface area contributed by atoms with Crippen LogP contribution in [0.3, 0.4) is 0 Å². The van der Waals surface area contributed by atoms with Crippen molar-refractivity contribution in [3.63, 3.8) is 0 Å². The number of pyridine rings is 1. The molecule has 0 atom stereocenters. The summed E-state index contributed by atoms with van der Waals surface area (Å²) in [5.74, 6) is -0.745. The third-order valence-electron chi connectivity index (χ3n) is 4.85. The van der Waals surface area contributed by atoms with Crippen LogP contribution in [0, 0.1) is 6.92 Å². The number of halogens is 2. The molecule has 0 unspecified atom stereocenters. The van der Waals surface area contributed by atoms with Crippen molar-refractivity contribution >= 4 is 63.1 Å². The Morgan fingerprint density at radius 3 is 2.59 bits per heavy atom. The maximum absolute atomic E-state index is 13.5. The number of para-hydroxylation sites is 1. The third-order valence-corrected chi connectivity index (χ3v) is 6.37. The van der Waals surface area contributed by atoms with Crippen molar-refractivity contribution in [1.29, 1.82) is 0 Å². The molecule has 0 aliphatic carbocycles. The standard InChI is InChI=1S/C22H18Cl2N4O3S/c1-3-28(11-18(29)26-20-14(23)6-4-7-15(20)24)22(30)13-10-16(17-8-5-9-32-17)25-21-19(13)12(2)27-31-21/h4-10H,3,11H2,1-2H3,(H,26,29). The molecule has 7 nitrogen and oxygen atoms in total. The van der Waals surface area contributed by atoms with E-state index in [-0.39, 0.29) is 18.2 Å². The number of aromatic nitrogens is 2. The largest absolute Gasteiger partial charge is 0.335 e. The molecule has 0 spiro atoms. The van der Waals surface area contributed by atoms with Gasteiger partial charge in [-0.25, -0.2) is 4.98 Å². The van der Waals surface area contributed by atoms with E-state index in [2.05, 4.69) is 15.5 Å². The Balaban J connectivity index is 1.65. The van der Waals surface area contributed by atoms with Crippen LogP contribution in [-0.4, -0.2) is 39.9 Å². The van der Waals surface area contributed by atoms with Gasteiger partial charge in [0.05, 0.1) is 42.9 Å². The van der Waals surface area contributed by atoms with E-state index in [0.717, 1.165) is 4.88 Å². The lowest BCUT2D eigenvalue weighted by Crippen LogP contribution is -2.38. The highest BCUT2D eigenvalue weighted by molar-refractivity contribution is 7.13. The van der Waals surface area contributed by atoms with Gasteiger partial charge in [-0.05, 0) is 43.5 Å². The maximum atomic E-state index is 13.5. The average molecular weight is 489 g/mol. The van der Waals surface area contributed by atoms with Crippen molar-refractivity contribution in [2.24, 2.45) is 0 Å². The number of nitrogens with one attached hydrogen (secondary N) is 1. The Kier molecular flexibility index (Phi) is 6.45. The second kappa shape index (κ2) is 9.28. The molecule has 3 aromatic heterocycles. The summed E-state index contributed by atoms with van der Waals surface area (Å²) in [6, 6.07) is 10.5. The Morgan fingerprint density at radius 2 is 1.94 bits per heavy atom. The van der Waals surface area contributed by atoms with E-state index >= 15 is 0 Å². The van der Waals surface area contributed by atoms with Gasteiger partial charge in [-0.2, -0.15) is 0 Å². The first kappa shape index (κ1) is 22.3. The third kappa shape index (κ3) is 4.34. The fourth-order valence-corrected chi connectivity index (χ4v) is 4.46. The first-order chi connectivity index (χ1) is 15.4. The maximum Gasteiger partial charge on any atom is 0.259 e. The van der Waals surface area contributed by atoms with Gasteiger partial charge in [0.1, 0.15) is 6.54 Å². The summed E-state index contributed by atoms with van der Waals surface area (Å²) in [4.78, 5) is 33.0. The predicted octanol–water partition coefficient (Wildman–Crippen LogP) is 5.67. The second-order valence-electron chi connectivity index (χ2n) is 6.94. The first-order valence-electron chi connectivity index (χ1n) is 9.73. The van der Waals surface area contributed by atoms with E-state index in [0.29, 0.717) is 44.6 Å². The number of nitrogens with zero attached hydrogens (tertiary/aromatic N) is 3. The molecule has 0 aliphatic heterocycles. The summed E-state index contributed by atoms with van der Waals surface area (Å²) in [6.07, 6.45) is 0. The number of benzene rings is 1. The molecule has 1 aromatic carbocycles. The summed E-state index contributed by atoms with van der Waals surface area (Å²) in [5, 5.41) is 9.75. The normalized spacial score (nSPS) is 11.0. The molecule has 0 aliphatic rings. The summed E-state index contributed by atoms with van der Waals surface area (Å²) in [7, 11) is 0. The fourth-order valence-electron chi connectivity index (χ4n) is 3.28. The predicted molar refractivity (Wildman–Crippen MR) is 127 cm³/mol. The minimum atomic E-state index is -0.416. The van der Waals surface area contributed by atoms with E-state index < -0.39 is 5.91 Å². The lowest BCUT2D eigenvalue weighted by atomic mass is 10.1. The Bertz CT molecular complexity index is 1280. The number of hydrogen-bond acceptors (Lipinski definition) is 6. The van der Waals surface area contributed by atoms with Crippen molar-refractivity contribution < 1.29 is 14.1 Å². The van der Waals surface area contributed by atoms with E-state index in [1.807, 2.05) is 17.5 Å². The van der Waals surface area contributed by atoms with Gasteiger partial charge in [-0.15, -0.1) is 11.3 Å². The molecule has 1 N–H and O–H groups in total. The number of aryl methyl sites for hydroxylation is 1. The molecule has 0 radical (unpaired) electrons. The molecule has 164 valence electrons. The zero-order valence-corrected chi connectivity index (χ0v) is 19.5. The minimum Gasteiger partial charge on any atom is -0.335 e. The van der Waals surface area contributed by atoms with Gasteiger partial charge in [0.2, 0.25) is 5.91 Å². The molecule has 0 fully saturated rings. The number of thiophene rings is 1. The van der Waals surface area contributed by atoms with Gasteiger partial charge in [0, 0.05) is 6.54 Å². The first-order valence-corrected chi connectivity index (χ1v) is 11.4. The molecule has 10 heteroatoms. The average Bonchev–Trinajstić information content (AvgIpc) is 3.44. The molecule has 32 heavy (non-hydrogen) atoms. The lowest BCUT2D eigenvalue weighted by Gasteiger charge is -2.21. The lowest BCUT2D eigenvalue weighted by molar-refractivity contribution is -0.116. The van der Waals surface area contributed by atoms with Gasteiger partial charge >= 0.3 is 0 Å². The van der Waals surface area contributed by atoms with Gasteiger partial charge in [0.25, 0.3) is 11.6 Å². The monoisotopic (exact) mass is 488 g/mol. The number of carbonyl (C=O) groups excluding carboxylic acids is 2. The molecule has 4 aromatic rings. The van der Waals surface area contributed by atoms with Crippen LogP contribution in [0.1, 0.15) is 23.0 Å². The van der Waals surface area contributed by atoms with Crippen molar-refractivity contribution in [3.8, 4) is 10.6 Å². The molecule has 4 rings (SSSR count). The number of hydrogen-bond donors (Lipinski definition) is 1. The van der Waals surface area contributed by atoms with Gasteiger partial charge in [-0.1, -0.05) is 40.5 Å². The van der Waals surface area contributed by atoms with Crippen molar-refractivity contribution in [2.45, 2.75) is 13.8 Å². The van der Waals surface area contributed by atoms with E-state index in [1.54, 1.807) is 38.1 Å². The molecule has 0 saturated heterocycles. The summed E-state index contributed by atoms with van der Waals surface area (Å²) in [6.45, 7) is 3.68. The molecule has 0 saturated carbocycles. The van der Waals surface area contributed by atoms with Crippen molar-refractivity contribution in [2.75, 3.05) is 18.4 Å². The quantitative estimate of drug-likeness (QED) is 0.377. The molecule has 3 heterocycles. The van der Waals surface area contributed by atoms with Crippen LogP contribution in [-0.2, 0) is 4.79 Å². The minimum absolute atomic E-state index is 0.181. The van der Waals surface area contributed by atoms with Gasteiger partial charge in [-0.3, -0.25) is 9.59 Å². The van der Waals surface area contributed by atoms with Crippen LogP contribution in [0.2, 0.25) is 10.0 Å². The summed E-state index contributed by atoms with van der Waals surface area (Å²) < 4.78 is 5.34. The highest BCUT2D eigenvalue weighted by Crippen LogP contribution is 2.31. The van der Waals surface area contributed by atoms with Crippen LogP contribution >= 0.6 is 34.5 Å². The molecular formula is C22H18Cl2N4O3S. The summed E-state index contributed by atoms with van der Waals surface area (Å²) in [5.41, 5.74) is 2.13. The highest BCUT2D eigenvalue weighted by atomic mass is 35.5. The Labute approximate surface area is 197 Å². The second-order valence-corrected chi connectivity index (χ2v) is 8.71. The molecule has 0 bridgehead atoms.